The second kappa shape index (κ2) is 4.07. The molecule has 1 saturated heterocycles. The Morgan fingerprint density at radius 1 is 1.33 bits per heavy atom. The highest BCUT2D eigenvalue weighted by molar-refractivity contribution is 7.12. The maximum atomic E-state index is 5.78. The first-order chi connectivity index (χ1) is 8.92. The van der Waals surface area contributed by atoms with Crippen LogP contribution in [-0.2, 0) is 6.61 Å². The van der Waals surface area contributed by atoms with E-state index in [4.69, 9.17) is 9.72 Å². The summed E-state index contributed by atoms with van der Waals surface area (Å²) < 4.78 is 5.78. The minimum absolute atomic E-state index is 0.452. The molecular formula is C14H14N2OS. The summed E-state index contributed by atoms with van der Waals surface area (Å²) >= 11 is 1.80. The van der Waals surface area contributed by atoms with Crippen molar-refractivity contribution < 1.29 is 4.74 Å². The van der Waals surface area contributed by atoms with Crippen LogP contribution in [0.4, 0.5) is 0 Å². The number of aromatic nitrogens is 1. The summed E-state index contributed by atoms with van der Waals surface area (Å²) in [5.74, 6) is 0.959. The largest absolute Gasteiger partial charge is 0.487 e. The quantitative estimate of drug-likeness (QED) is 0.853. The van der Waals surface area contributed by atoms with E-state index in [1.165, 1.54) is 22.7 Å². The molecule has 2 aromatic rings. The molecular weight excluding hydrogens is 244 g/mol. The molecule has 18 heavy (non-hydrogen) atoms. The number of fused-ring (bicyclic) bond motifs is 3. The molecule has 0 bridgehead atoms. The summed E-state index contributed by atoms with van der Waals surface area (Å²) in [5, 5.41) is 4.73. The summed E-state index contributed by atoms with van der Waals surface area (Å²) in [6.45, 7) is 1.78. The number of thiazole rings is 1. The Bertz CT molecular complexity index is 587. The molecule has 3 nitrogen and oxygen atoms in total. The molecule has 2 aliphatic rings. The fourth-order valence-corrected chi connectivity index (χ4v) is 3.76. The van der Waals surface area contributed by atoms with Crippen molar-refractivity contribution in [3.05, 3.63) is 34.2 Å². The van der Waals surface area contributed by atoms with E-state index in [9.17, 15) is 0 Å². The fraction of sp³-hybridized carbons (Fsp3) is 0.357. The molecule has 1 unspecified atom stereocenters. The number of para-hydroxylation sites is 1. The third kappa shape index (κ3) is 1.56. The number of hydrogen-bond donors (Lipinski definition) is 1. The van der Waals surface area contributed by atoms with Crippen molar-refractivity contribution >= 4 is 11.3 Å². The highest BCUT2D eigenvalue weighted by Gasteiger charge is 2.26. The number of nitrogens with one attached hydrogen (secondary N) is 1. The second-order valence-electron chi connectivity index (χ2n) is 4.76. The lowest BCUT2D eigenvalue weighted by Crippen LogP contribution is -2.12. The van der Waals surface area contributed by atoms with Gasteiger partial charge in [-0.1, -0.05) is 12.1 Å². The smallest absolute Gasteiger partial charge is 0.129 e. The van der Waals surface area contributed by atoms with Crippen molar-refractivity contribution in [2.45, 2.75) is 25.5 Å². The normalized spacial score (nSPS) is 21.2. The van der Waals surface area contributed by atoms with Crippen LogP contribution >= 0.6 is 11.3 Å². The van der Waals surface area contributed by atoms with Gasteiger partial charge in [-0.2, -0.15) is 0 Å². The van der Waals surface area contributed by atoms with E-state index in [1.54, 1.807) is 11.3 Å². The van der Waals surface area contributed by atoms with Crippen molar-refractivity contribution in [2.75, 3.05) is 6.54 Å². The van der Waals surface area contributed by atoms with Crippen molar-refractivity contribution in [3.63, 3.8) is 0 Å². The van der Waals surface area contributed by atoms with Crippen LogP contribution in [0.25, 0.3) is 11.3 Å². The Kier molecular flexibility index (Phi) is 2.38. The first kappa shape index (κ1) is 10.5. The Labute approximate surface area is 110 Å². The van der Waals surface area contributed by atoms with E-state index in [0.717, 1.165) is 23.6 Å². The van der Waals surface area contributed by atoms with Gasteiger partial charge in [0.15, 0.2) is 0 Å². The van der Waals surface area contributed by atoms with E-state index in [-0.39, 0.29) is 0 Å². The van der Waals surface area contributed by atoms with Gasteiger partial charge in [-0.25, -0.2) is 4.98 Å². The fourth-order valence-electron chi connectivity index (χ4n) is 2.65. The minimum atomic E-state index is 0.452. The molecule has 4 heteroatoms. The van der Waals surface area contributed by atoms with Crippen LogP contribution in [0.1, 0.15) is 28.8 Å². The number of hydrogen-bond acceptors (Lipinski definition) is 4. The van der Waals surface area contributed by atoms with Gasteiger partial charge in [0.2, 0.25) is 0 Å². The van der Waals surface area contributed by atoms with Gasteiger partial charge in [0.1, 0.15) is 17.4 Å². The lowest BCUT2D eigenvalue weighted by atomic mass is 10.1. The maximum absolute atomic E-state index is 5.78. The van der Waals surface area contributed by atoms with E-state index in [0.29, 0.717) is 12.6 Å². The van der Waals surface area contributed by atoms with Gasteiger partial charge in [-0.3, -0.25) is 0 Å². The Balaban J connectivity index is 1.79. The predicted octanol–water partition coefficient (Wildman–Crippen LogP) is 3.13. The summed E-state index contributed by atoms with van der Waals surface area (Å²) in [6, 6.07) is 8.62. The Morgan fingerprint density at radius 3 is 3.17 bits per heavy atom. The summed E-state index contributed by atoms with van der Waals surface area (Å²) in [6.07, 6.45) is 2.46. The van der Waals surface area contributed by atoms with Gasteiger partial charge in [-0.15, -0.1) is 11.3 Å². The lowest BCUT2D eigenvalue weighted by Gasteiger charge is -2.15. The summed E-state index contributed by atoms with van der Waals surface area (Å²) in [4.78, 5) is 6.11. The minimum Gasteiger partial charge on any atom is -0.487 e. The molecule has 1 aromatic carbocycles. The second-order valence-corrected chi connectivity index (χ2v) is 5.87. The molecule has 2 aliphatic heterocycles. The number of rotatable bonds is 1. The molecule has 3 heterocycles. The lowest BCUT2D eigenvalue weighted by molar-refractivity contribution is 0.305. The van der Waals surface area contributed by atoms with Crippen molar-refractivity contribution in [1.82, 2.24) is 10.3 Å². The Hall–Kier alpha value is -1.39. The average molecular weight is 258 g/mol. The number of nitrogens with zero attached hydrogens (tertiary/aromatic N) is 1. The van der Waals surface area contributed by atoms with Gasteiger partial charge in [-0.05, 0) is 31.5 Å². The zero-order chi connectivity index (χ0) is 11.9. The van der Waals surface area contributed by atoms with Gasteiger partial charge < -0.3 is 10.1 Å². The third-order valence-corrected chi connectivity index (χ3v) is 4.72. The van der Waals surface area contributed by atoms with Gasteiger partial charge in [0.05, 0.1) is 16.6 Å². The van der Waals surface area contributed by atoms with Crippen LogP contribution in [0.15, 0.2) is 24.3 Å². The SMILES string of the molecule is c1ccc2c(c1)OCc1sc(C3CCCN3)nc1-2. The highest BCUT2D eigenvalue weighted by Crippen LogP contribution is 2.41. The van der Waals surface area contributed by atoms with Crippen molar-refractivity contribution in [1.29, 1.82) is 0 Å². The first-order valence-corrected chi connectivity index (χ1v) is 7.18. The molecule has 1 atom stereocenters. The van der Waals surface area contributed by atoms with Crippen LogP contribution in [0.3, 0.4) is 0 Å². The number of benzene rings is 1. The molecule has 0 radical (unpaired) electrons. The standard InChI is InChI=1S/C14H14N2OS/c1-2-6-11-9(4-1)13-12(8-17-11)18-14(16-13)10-5-3-7-15-10/h1-2,4,6,10,15H,3,5,7-8H2. The Morgan fingerprint density at radius 2 is 2.28 bits per heavy atom. The van der Waals surface area contributed by atoms with Crippen LogP contribution in [-0.4, -0.2) is 11.5 Å². The molecule has 0 saturated carbocycles. The number of ether oxygens (including phenoxy) is 1. The molecule has 0 aliphatic carbocycles. The maximum Gasteiger partial charge on any atom is 0.129 e. The zero-order valence-corrected chi connectivity index (χ0v) is 10.8. The average Bonchev–Trinajstić information content (AvgIpc) is 3.07. The zero-order valence-electron chi connectivity index (χ0n) is 9.98. The molecule has 1 N–H and O–H groups in total. The molecule has 92 valence electrons. The summed E-state index contributed by atoms with van der Waals surface area (Å²) in [5.41, 5.74) is 2.27. The predicted molar refractivity (Wildman–Crippen MR) is 71.9 cm³/mol. The van der Waals surface area contributed by atoms with Crippen molar-refractivity contribution in [2.24, 2.45) is 0 Å². The van der Waals surface area contributed by atoms with Crippen LogP contribution in [0.5, 0.6) is 5.75 Å². The van der Waals surface area contributed by atoms with Crippen LogP contribution in [0.2, 0.25) is 0 Å². The van der Waals surface area contributed by atoms with E-state index >= 15 is 0 Å². The van der Waals surface area contributed by atoms with E-state index in [2.05, 4.69) is 11.4 Å². The highest BCUT2D eigenvalue weighted by atomic mass is 32.1. The monoisotopic (exact) mass is 258 g/mol. The topological polar surface area (TPSA) is 34.1 Å². The molecule has 0 spiro atoms. The summed E-state index contributed by atoms with van der Waals surface area (Å²) in [7, 11) is 0. The molecule has 0 amide bonds. The van der Waals surface area contributed by atoms with Crippen LogP contribution < -0.4 is 10.1 Å². The third-order valence-electron chi connectivity index (χ3n) is 3.57. The van der Waals surface area contributed by atoms with E-state index in [1.807, 2.05) is 18.2 Å². The van der Waals surface area contributed by atoms with Gasteiger partial charge in [0, 0.05) is 5.56 Å². The van der Waals surface area contributed by atoms with Gasteiger partial charge in [0.25, 0.3) is 0 Å². The molecule has 1 fully saturated rings. The molecule has 1 aromatic heterocycles. The molecule has 4 rings (SSSR count). The van der Waals surface area contributed by atoms with Gasteiger partial charge >= 0.3 is 0 Å². The van der Waals surface area contributed by atoms with E-state index < -0.39 is 0 Å². The van der Waals surface area contributed by atoms with Crippen LogP contribution in [0, 0.1) is 0 Å². The van der Waals surface area contributed by atoms with Crippen molar-refractivity contribution in [3.8, 4) is 17.0 Å². The first-order valence-electron chi connectivity index (χ1n) is 6.37.